The van der Waals surface area contributed by atoms with Crippen molar-refractivity contribution < 1.29 is 5.11 Å². The van der Waals surface area contributed by atoms with Crippen LogP contribution in [0.5, 0.6) is 0 Å². The van der Waals surface area contributed by atoms with Gasteiger partial charge in [-0.3, -0.25) is 4.98 Å². The molecule has 1 aromatic rings. The zero-order chi connectivity index (χ0) is 7.82. The van der Waals surface area contributed by atoms with Crippen molar-refractivity contribution in [3.63, 3.8) is 0 Å². The lowest BCUT2D eigenvalue weighted by Crippen LogP contribution is -1.82. The Kier molecular flexibility index (Phi) is 5.38. The van der Waals surface area contributed by atoms with E-state index in [1.54, 1.807) is 31.5 Å². The van der Waals surface area contributed by atoms with Crippen LogP contribution in [0, 0.1) is 0 Å². The third-order valence-electron chi connectivity index (χ3n) is 0.684. The fraction of sp³-hybridized carbons (Fsp3) is 0.286. The molecule has 0 bridgehead atoms. The summed E-state index contributed by atoms with van der Waals surface area (Å²) in [5.74, 6) is 0. The molecule has 1 rings (SSSR count). The van der Waals surface area contributed by atoms with Crippen molar-refractivity contribution in [2.45, 2.75) is 6.92 Å². The fourth-order valence-electron chi connectivity index (χ4n) is 0.376. The van der Waals surface area contributed by atoms with Crippen molar-refractivity contribution in [1.82, 2.24) is 4.98 Å². The summed E-state index contributed by atoms with van der Waals surface area (Å²) in [5, 5.41) is 7.57. The second-order valence-corrected chi connectivity index (χ2v) is 1.60. The molecule has 3 heteroatoms. The maximum Gasteiger partial charge on any atom is 0.0500 e. The quantitative estimate of drug-likeness (QED) is 0.556. The Morgan fingerprint density at radius 1 is 1.70 bits per heavy atom. The maximum atomic E-state index is 7.57. The van der Waals surface area contributed by atoms with E-state index in [0.29, 0.717) is 5.69 Å². The SMILES string of the molecule is CCO.Nc1cccnc1. The Morgan fingerprint density at radius 2 is 2.30 bits per heavy atom. The van der Waals surface area contributed by atoms with E-state index in [1.165, 1.54) is 0 Å². The molecule has 0 unspecified atom stereocenters. The first-order chi connectivity index (χ1) is 4.81. The Balaban J connectivity index is 0.000000236. The number of anilines is 1. The average molecular weight is 140 g/mol. The number of aliphatic hydroxyl groups is 1. The van der Waals surface area contributed by atoms with Gasteiger partial charge in [-0.15, -0.1) is 0 Å². The summed E-state index contributed by atoms with van der Waals surface area (Å²) in [7, 11) is 0. The predicted octanol–water partition coefficient (Wildman–Crippen LogP) is 0.662. The van der Waals surface area contributed by atoms with Gasteiger partial charge in [-0.2, -0.15) is 0 Å². The summed E-state index contributed by atoms with van der Waals surface area (Å²) in [5.41, 5.74) is 6.01. The molecule has 0 saturated carbocycles. The molecule has 10 heavy (non-hydrogen) atoms. The molecule has 0 spiro atoms. The number of hydrogen-bond donors (Lipinski definition) is 2. The molecule has 3 N–H and O–H groups in total. The number of pyridine rings is 1. The molecule has 0 saturated heterocycles. The van der Waals surface area contributed by atoms with Crippen LogP contribution in [0.25, 0.3) is 0 Å². The summed E-state index contributed by atoms with van der Waals surface area (Å²) < 4.78 is 0. The van der Waals surface area contributed by atoms with Crippen molar-refractivity contribution in [2.24, 2.45) is 0 Å². The van der Waals surface area contributed by atoms with Crippen LogP contribution >= 0.6 is 0 Å². The van der Waals surface area contributed by atoms with E-state index in [2.05, 4.69) is 4.98 Å². The van der Waals surface area contributed by atoms with Gasteiger partial charge in [0.2, 0.25) is 0 Å². The zero-order valence-electron chi connectivity index (χ0n) is 5.99. The van der Waals surface area contributed by atoms with Crippen LogP contribution in [0.4, 0.5) is 5.69 Å². The second-order valence-electron chi connectivity index (χ2n) is 1.60. The number of nitrogen functional groups attached to an aromatic ring is 1. The predicted molar refractivity (Wildman–Crippen MR) is 41.4 cm³/mol. The van der Waals surface area contributed by atoms with Crippen molar-refractivity contribution >= 4 is 5.69 Å². The third kappa shape index (κ3) is 5.05. The molecule has 0 aliphatic carbocycles. The summed E-state index contributed by atoms with van der Waals surface area (Å²) in [6.45, 7) is 1.93. The van der Waals surface area contributed by atoms with E-state index in [-0.39, 0.29) is 6.61 Å². The molecule has 1 aromatic heterocycles. The lowest BCUT2D eigenvalue weighted by Gasteiger charge is -1.83. The Hall–Kier alpha value is -1.09. The van der Waals surface area contributed by atoms with E-state index >= 15 is 0 Å². The van der Waals surface area contributed by atoms with Gasteiger partial charge in [0.15, 0.2) is 0 Å². The molecule has 0 fully saturated rings. The minimum absolute atomic E-state index is 0.250. The highest BCUT2D eigenvalue weighted by atomic mass is 16.2. The van der Waals surface area contributed by atoms with E-state index in [1.807, 2.05) is 0 Å². The molecule has 0 aromatic carbocycles. The van der Waals surface area contributed by atoms with E-state index < -0.39 is 0 Å². The largest absolute Gasteiger partial charge is 0.397 e. The molecular formula is C7H12N2O. The number of nitrogens with two attached hydrogens (primary N) is 1. The normalized spacial score (nSPS) is 7.80. The minimum Gasteiger partial charge on any atom is -0.397 e. The van der Waals surface area contributed by atoms with Gasteiger partial charge < -0.3 is 10.8 Å². The summed E-state index contributed by atoms with van der Waals surface area (Å²) in [6, 6.07) is 3.60. The summed E-state index contributed by atoms with van der Waals surface area (Å²) in [4.78, 5) is 3.76. The van der Waals surface area contributed by atoms with Gasteiger partial charge in [0.25, 0.3) is 0 Å². The van der Waals surface area contributed by atoms with Crippen molar-refractivity contribution in [2.75, 3.05) is 12.3 Å². The Morgan fingerprint density at radius 3 is 2.50 bits per heavy atom. The monoisotopic (exact) mass is 140 g/mol. The van der Waals surface area contributed by atoms with Gasteiger partial charge in [0.05, 0.1) is 5.69 Å². The molecule has 0 aliphatic heterocycles. The highest BCUT2D eigenvalue weighted by Gasteiger charge is 1.73. The molecule has 1 heterocycles. The molecule has 0 radical (unpaired) electrons. The van der Waals surface area contributed by atoms with Gasteiger partial charge in [0.1, 0.15) is 0 Å². The smallest absolute Gasteiger partial charge is 0.0500 e. The number of aliphatic hydroxyl groups excluding tert-OH is 1. The number of hydrogen-bond acceptors (Lipinski definition) is 3. The van der Waals surface area contributed by atoms with Crippen LogP contribution in [0.2, 0.25) is 0 Å². The Bertz CT molecular complexity index is 153. The van der Waals surface area contributed by atoms with Crippen molar-refractivity contribution in [3.05, 3.63) is 24.5 Å². The van der Waals surface area contributed by atoms with Gasteiger partial charge in [0, 0.05) is 19.0 Å². The Labute approximate surface area is 60.5 Å². The number of nitrogens with zero attached hydrogens (tertiary/aromatic N) is 1. The molecule has 0 atom stereocenters. The van der Waals surface area contributed by atoms with Crippen LogP contribution in [0.1, 0.15) is 6.92 Å². The molecule has 0 amide bonds. The van der Waals surface area contributed by atoms with Crippen molar-refractivity contribution in [1.29, 1.82) is 0 Å². The van der Waals surface area contributed by atoms with Crippen LogP contribution in [0.15, 0.2) is 24.5 Å². The standard InChI is InChI=1S/C5H6N2.C2H6O/c6-5-2-1-3-7-4-5;1-2-3/h1-4H,6H2;3H,2H2,1H3. The molecule has 56 valence electrons. The van der Waals surface area contributed by atoms with Crippen LogP contribution < -0.4 is 5.73 Å². The number of rotatable bonds is 0. The third-order valence-corrected chi connectivity index (χ3v) is 0.684. The summed E-state index contributed by atoms with van der Waals surface area (Å²) in [6.07, 6.45) is 3.30. The first-order valence-corrected chi connectivity index (χ1v) is 3.07. The maximum absolute atomic E-state index is 7.57. The first kappa shape index (κ1) is 8.91. The van der Waals surface area contributed by atoms with Gasteiger partial charge >= 0.3 is 0 Å². The fourth-order valence-corrected chi connectivity index (χ4v) is 0.376. The number of aromatic nitrogens is 1. The highest BCUT2D eigenvalue weighted by molar-refractivity contribution is 5.32. The first-order valence-electron chi connectivity index (χ1n) is 3.07. The van der Waals surface area contributed by atoms with Crippen LogP contribution in [-0.2, 0) is 0 Å². The van der Waals surface area contributed by atoms with Gasteiger partial charge in [-0.25, -0.2) is 0 Å². The lowest BCUT2D eigenvalue weighted by atomic mass is 10.4. The van der Waals surface area contributed by atoms with E-state index in [9.17, 15) is 0 Å². The topological polar surface area (TPSA) is 59.1 Å². The van der Waals surface area contributed by atoms with E-state index in [4.69, 9.17) is 10.8 Å². The molecule has 0 aliphatic rings. The van der Waals surface area contributed by atoms with Crippen molar-refractivity contribution in [3.8, 4) is 0 Å². The summed E-state index contributed by atoms with van der Waals surface area (Å²) >= 11 is 0. The van der Waals surface area contributed by atoms with Gasteiger partial charge in [-0.05, 0) is 19.1 Å². The second kappa shape index (κ2) is 6.04. The highest BCUT2D eigenvalue weighted by Crippen LogP contribution is 1.92. The van der Waals surface area contributed by atoms with Crippen LogP contribution in [0.3, 0.4) is 0 Å². The lowest BCUT2D eigenvalue weighted by molar-refractivity contribution is 0.318. The molecular weight excluding hydrogens is 128 g/mol. The molecule has 3 nitrogen and oxygen atoms in total. The van der Waals surface area contributed by atoms with E-state index in [0.717, 1.165) is 0 Å². The average Bonchev–Trinajstić information content (AvgIpc) is 1.91. The minimum atomic E-state index is 0.250. The van der Waals surface area contributed by atoms with Gasteiger partial charge in [-0.1, -0.05) is 0 Å². The zero-order valence-corrected chi connectivity index (χ0v) is 5.99. The van der Waals surface area contributed by atoms with Crippen LogP contribution in [-0.4, -0.2) is 16.7 Å².